The quantitative estimate of drug-likeness (QED) is 0.688. The molecule has 0 radical (unpaired) electrons. The fourth-order valence-corrected chi connectivity index (χ4v) is 2.30. The summed E-state index contributed by atoms with van der Waals surface area (Å²) in [4.78, 5) is 22.3. The van der Waals surface area contributed by atoms with Gasteiger partial charge in [0.2, 0.25) is 0 Å². The predicted molar refractivity (Wildman–Crippen MR) is 78.4 cm³/mol. The second-order valence-electron chi connectivity index (χ2n) is 4.06. The van der Waals surface area contributed by atoms with Gasteiger partial charge >= 0.3 is 0 Å². The van der Waals surface area contributed by atoms with Crippen molar-refractivity contribution >= 4 is 27.5 Å². The second kappa shape index (κ2) is 6.29. The number of carbonyl (C=O) groups excluding carboxylic acids is 1. The van der Waals surface area contributed by atoms with Crippen molar-refractivity contribution < 1.29 is 9.72 Å². The van der Waals surface area contributed by atoms with E-state index >= 15 is 0 Å². The molecule has 5 nitrogen and oxygen atoms in total. The zero-order valence-electron chi connectivity index (χ0n) is 10.4. The molecule has 0 saturated carbocycles. The van der Waals surface area contributed by atoms with Gasteiger partial charge in [-0.05, 0) is 27.6 Å². The standard InChI is InChI=1S/C14H11BrN2O3/c15-13-11(7-4-8-12(13)17(19)20)14(18)16-9-10-5-2-1-3-6-10/h1-8H,9H2,(H,16,18). The SMILES string of the molecule is O=C(NCc1ccccc1)c1cccc([N+](=O)[O-])c1Br. The lowest BCUT2D eigenvalue weighted by molar-refractivity contribution is -0.385. The number of benzene rings is 2. The van der Waals surface area contributed by atoms with Gasteiger partial charge < -0.3 is 5.32 Å². The van der Waals surface area contributed by atoms with Crippen molar-refractivity contribution in [3.8, 4) is 0 Å². The minimum absolute atomic E-state index is 0.127. The smallest absolute Gasteiger partial charge is 0.284 e. The van der Waals surface area contributed by atoms with Crippen molar-refractivity contribution in [1.82, 2.24) is 5.32 Å². The van der Waals surface area contributed by atoms with Crippen LogP contribution < -0.4 is 5.32 Å². The normalized spacial score (nSPS) is 10.1. The first-order valence-electron chi connectivity index (χ1n) is 5.84. The average molecular weight is 335 g/mol. The Labute approximate surface area is 123 Å². The zero-order valence-corrected chi connectivity index (χ0v) is 12.0. The van der Waals surface area contributed by atoms with Crippen LogP contribution in [-0.2, 0) is 6.54 Å². The van der Waals surface area contributed by atoms with Gasteiger partial charge in [0.25, 0.3) is 11.6 Å². The maximum Gasteiger partial charge on any atom is 0.284 e. The van der Waals surface area contributed by atoms with E-state index in [0.717, 1.165) is 5.56 Å². The largest absolute Gasteiger partial charge is 0.348 e. The Bertz CT molecular complexity index is 644. The number of nitro groups is 1. The van der Waals surface area contributed by atoms with Crippen molar-refractivity contribution in [2.24, 2.45) is 0 Å². The van der Waals surface area contributed by atoms with E-state index in [1.165, 1.54) is 18.2 Å². The molecule has 0 bridgehead atoms. The fraction of sp³-hybridized carbons (Fsp3) is 0.0714. The highest BCUT2D eigenvalue weighted by Crippen LogP contribution is 2.28. The minimum atomic E-state index is -0.530. The summed E-state index contributed by atoms with van der Waals surface area (Å²) in [5.74, 6) is -0.357. The lowest BCUT2D eigenvalue weighted by Gasteiger charge is -2.07. The van der Waals surface area contributed by atoms with E-state index in [-0.39, 0.29) is 21.6 Å². The topological polar surface area (TPSA) is 72.2 Å². The molecule has 2 rings (SSSR count). The van der Waals surface area contributed by atoms with Gasteiger partial charge in [-0.1, -0.05) is 36.4 Å². The highest BCUT2D eigenvalue weighted by atomic mass is 79.9. The third kappa shape index (κ3) is 3.21. The van der Waals surface area contributed by atoms with Crippen molar-refractivity contribution in [2.45, 2.75) is 6.54 Å². The number of hydrogen-bond acceptors (Lipinski definition) is 3. The Morgan fingerprint density at radius 3 is 2.50 bits per heavy atom. The van der Waals surface area contributed by atoms with E-state index in [0.29, 0.717) is 6.54 Å². The number of rotatable bonds is 4. The first-order valence-corrected chi connectivity index (χ1v) is 6.64. The lowest BCUT2D eigenvalue weighted by Crippen LogP contribution is -2.23. The molecule has 0 spiro atoms. The van der Waals surface area contributed by atoms with E-state index in [4.69, 9.17) is 0 Å². The molecule has 0 saturated heterocycles. The van der Waals surface area contributed by atoms with Crippen molar-refractivity contribution in [2.75, 3.05) is 0 Å². The van der Waals surface area contributed by atoms with E-state index < -0.39 is 4.92 Å². The number of nitrogens with one attached hydrogen (secondary N) is 1. The number of amides is 1. The Kier molecular flexibility index (Phi) is 4.47. The van der Waals surface area contributed by atoms with Crippen molar-refractivity contribution in [1.29, 1.82) is 0 Å². The Balaban J connectivity index is 2.14. The molecule has 0 unspecified atom stereocenters. The van der Waals surface area contributed by atoms with E-state index in [9.17, 15) is 14.9 Å². The van der Waals surface area contributed by atoms with E-state index in [1.807, 2.05) is 30.3 Å². The monoisotopic (exact) mass is 334 g/mol. The van der Waals surface area contributed by atoms with Gasteiger partial charge in [-0.15, -0.1) is 0 Å². The van der Waals surface area contributed by atoms with Crippen LogP contribution in [0, 0.1) is 10.1 Å². The van der Waals surface area contributed by atoms with Gasteiger partial charge in [-0.3, -0.25) is 14.9 Å². The number of carbonyl (C=O) groups is 1. The molecular weight excluding hydrogens is 324 g/mol. The summed E-state index contributed by atoms with van der Waals surface area (Å²) in [5.41, 5.74) is 1.08. The molecule has 0 fully saturated rings. The third-order valence-corrected chi connectivity index (χ3v) is 3.55. The second-order valence-corrected chi connectivity index (χ2v) is 4.86. The molecule has 2 aromatic carbocycles. The van der Waals surface area contributed by atoms with Gasteiger partial charge in [0.15, 0.2) is 0 Å². The number of halogens is 1. The number of hydrogen-bond donors (Lipinski definition) is 1. The van der Waals surface area contributed by atoms with Crippen LogP contribution >= 0.6 is 15.9 Å². The Hall–Kier alpha value is -2.21. The molecule has 0 aliphatic heterocycles. The van der Waals surface area contributed by atoms with Gasteiger partial charge in [0.05, 0.1) is 10.5 Å². The summed E-state index contributed by atoms with van der Waals surface area (Å²) in [6.45, 7) is 0.370. The third-order valence-electron chi connectivity index (χ3n) is 2.72. The molecule has 1 N–H and O–H groups in total. The maximum absolute atomic E-state index is 12.0. The van der Waals surface area contributed by atoms with E-state index in [2.05, 4.69) is 21.2 Å². The van der Waals surface area contributed by atoms with Crippen LogP contribution in [0.3, 0.4) is 0 Å². The van der Waals surface area contributed by atoms with Crippen LogP contribution in [0.15, 0.2) is 53.0 Å². The maximum atomic E-state index is 12.0. The molecule has 0 atom stereocenters. The van der Waals surface area contributed by atoms with Gasteiger partial charge in [0, 0.05) is 12.6 Å². The van der Waals surface area contributed by atoms with Crippen molar-refractivity contribution in [3.05, 3.63) is 74.2 Å². The zero-order chi connectivity index (χ0) is 14.5. The van der Waals surface area contributed by atoms with Gasteiger partial charge in [-0.25, -0.2) is 0 Å². The molecule has 1 amide bonds. The summed E-state index contributed by atoms with van der Waals surface area (Å²) in [5, 5.41) is 13.6. The van der Waals surface area contributed by atoms with Crippen LogP contribution in [-0.4, -0.2) is 10.8 Å². The van der Waals surface area contributed by atoms with Gasteiger partial charge in [-0.2, -0.15) is 0 Å². The van der Waals surface area contributed by atoms with E-state index in [1.54, 1.807) is 0 Å². The Morgan fingerprint density at radius 1 is 1.15 bits per heavy atom. The highest BCUT2D eigenvalue weighted by molar-refractivity contribution is 9.10. The Morgan fingerprint density at radius 2 is 1.85 bits per heavy atom. The predicted octanol–water partition coefficient (Wildman–Crippen LogP) is 3.29. The van der Waals surface area contributed by atoms with Gasteiger partial charge in [0.1, 0.15) is 4.47 Å². The fourth-order valence-electron chi connectivity index (χ4n) is 1.71. The minimum Gasteiger partial charge on any atom is -0.348 e. The summed E-state index contributed by atoms with van der Waals surface area (Å²) in [7, 11) is 0. The van der Waals surface area contributed by atoms with Crippen LogP contribution in [0.2, 0.25) is 0 Å². The number of nitrogens with zero attached hydrogens (tertiary/aromatic N) is 1. The summed E-state index contributed by atoms with van der Waals surface area (Å²) in [6, 6.07) is 13.8. The van der Waals surface area contributed by atoms with Crippen LogP contribution in [0.4, 0.5) is 5.69 Å². The molecule has 102 valence electrons. The van der Waals surface area contributed by atoms with Crippen molar-refractivity contribution in [3.63, 3.8) is 0 Å². The number of nitro benzene ring substituents is 1. The molecule has 0 aromatic heterocycles. The average Bonchev–Trinajstić information content (AvgIpc) is 2.46. The molecule has 0 heterocycles. The van der Waals surface area contributed by atoms with Crippen LogP contribution in [0.25, 0.3) is 0 Å². The lowest BCUT2D eigenvalue weighted by atomic mass is 10.1. The molecule has 2 aromatic rings. The van der Waals surface area contributed by atoms with Crippen LogP contribution in [0.1, 0.15) is 15.9 Å². The highest BCUT2D eigenvalue weighted by Gasteiger charge is 2.19. The molecule has 0 aliphatic rings. The molecular formula is C14H11BrN2O3. The van der Waals surface area contributed by atoms with Crippen LogP contribution in [0.5, 0.6) is 0 Å². The molecule has 20 heavy (non-hydrogen) atoms. The first kappa shape index (κ1) is 14.2. The first-order chi connectivity index (χ1) is 9.59. The molecule has 6 heteroatoms. The summed E-state index contributed by atoms with van der Waals surface area (Å²) in [6.07, 6.45) is 0. The molecule has 0 aliphatic carbocycles. The summed E-state index contributed by atoms with van der Waals surface area (Å²) >= 11 is 3.11. The summed E-state index contributed by atoms with van der Waals surface area (Å²) < 4.78 is 0.190.